The van der Waals surface area contributed by atoms with Gasteiger partial charge in [0.1, 0.15) is 0 Å². The molecule has 0 spiro atoms. The minimum absolute atomic E-state index is 0.557. The zero-order valence-corrected chi connectivity index (χ0v) is 7.13. The molecule has 0 radical (unpaired) electrons. The number of methoxy groups -OCH3 is 1. The number of hydrogen-bond donors (Lipinski definition) is 1. The van der Waals surface area contributed by atoms with Gasteiger partial charge in [0.2, 0.25) is 0 Å². The molecular weight excluding hydrogens is 128 g/mol. The number of ether oxygens (including phenoxy) is 1. The van der Waals surface area contributed by atoms with Crippen molar-refractivity contribution in [3.8, 4) is 0 Å². The maximum Gasteiger partial charge on any atom is 0.154 e. The fourth-order valence-electron chi connectivity index (χ4n) is 0.819. The lowest BCUT2D eigenvalue weighted by molar-refractivity contribution is -0.0795. The Balaban J connectivity index is 3.03. The topological polar surface area (TPSA) is 29.5 Å². The predicted octanol–water partition coefficient (Wildman–Crippen LogP) is 1.78. The van der Waals surface area contributed by atoms with Gasteiger partial charge in [-0.1, -0.05) is 20.3 Å². The van der Waals surface area contributed by atoms with Gasteiger partial charge in [0.05, 0.1) is 0 Å². The van der Waals surface area contributed by atoms with Crippen LogP contribution in [-0.4, -0.2) is 18.5 Å². The van der Waals surface area contributed by atoms with Crippen LogP contribution in [-0.2, 0) is 4.74 Å². The molecule has 0 aliphatic heterocycles. The molecule has 0 aromatic rings. The minimum atomic E-state index is -0.557. The van der Waals surface area contributed by atoms with Gasteiger partial charge in [0, 0.05) is 7.11 Å². The van der Waals surface area contributed by atoms with Crippen LogP contribution < -0.4 is 0 Å². The summed E-state index contributed by atoms with van der Waals surface area (Å²) in [5.74, 6) is 0.726. The second kappa shape index (κ2) is 5.69. The van der Waals surface area contributed by atoms with Gasteiger partial charge in [-0.15, -0.1) is 0 Å². The first-order valence-corrected chi connectivity index (χ1v) is 3.87. The van der Waals surface area contributed by atoms with Crippen molar-refractivity contribution in [1.29, 1.82) is 0 Å². The van der Waals surface area contributed by atoms with Crippen molar-refractivity contribution in [1.82, 2.24) is 0 Å². The van der Waals surface area contributed by atoms with E-state index >= 15 is 0 Å². The van der Waals surface area contributed by atoms with E-state index in [1.54, 1.807) is 0 Å². The third-order valence-corrected chi connectivity index (χ3v) is 1.50. The lowest BCUT2D eigenvalue weighted by atomic mass is 10.1. The highest BCUT2D eigenvalue weighted by Gasteiger charge is 2.00. The molecule has 0 saturated carbocycles. The van der Waals surface area contributed by atoms with E-state index in [9.17, 15) is 0 Å². The Morgan fingerprint density at radius 2 is 1.90 bits per heavy atom. The summed E-state index contributed by atoms with van der Waals surface area (Å²) in [5.41, 5.74) is 0. The van der Waals surface area contributed by atoms with Crippen molar-refractivity contribution in [3.05, 3.63) is 0 Å². The first-order chi connectivity index (χ1) is 4.66. The molecule has 62 valence electrons. The van der Waals surface area contributed by atoms with E-state index < -0.39 is 6.29 Å². The fourth-order valence-corrected chi connectivity index (χ4v) is 0.819. The molecule has 0 aliphatic rings. The molecule has 0 unspecified atom stereocenters. The van der Waals surface area contributed by atoms with Gasteiger partial charge in [-0.25, -0.2) is 0 Å². The molecule has 1 atom stereocenters. The Kier molecular flexibility index (Phi) is 5.64. The summed E-state index contributed by atoms with van der Waals surface area (Å²) >= 11 is 0. The molecule has 0 fully saturated rings. The Hall–Kier alpha value is -0.0800. The van der Waals surface area contributed by atoms with E-state index in [1.807, 2.05) is 0 Å². The van der Waals surface area contributed by atoms with Crippen molar-refractivity contribution < 1.29 is 9.84 Å². The molecule has 0 rings (SSSR count). The lowest BCUT2D eigenvalue weighted by Gasteiger charge is -2.08. The van der Waals surface area contributed by atoms with Crippen LogP contribution in [0.1, 0.15) is 33.1 Å². The van der Waals surface area contributed by atoms with E-state index in [1.165, 1.54) is 13.5 Å². The van der Waals surface area contributed by atoms with Crippen molar-refractivity contribution in [2.75, 3.05) is 7.11 Å². The normalized spacial score (nSPS) is 14.1. The van der Waals surface area contributed by atoms with Gasteiger partial charge >= 0.3 is 0 Å². The van der Waals surface area contributed by atoms with Crippen LogP contribution in [0.3, 0.4) is 0 Å². The number of aliphatic hydroxyl groups excluding tert-OH is 1. The molecule has 0 aromatic heterocycles. The summed E-state index contributed by atoms with van der Waals surface area (Å²) in [4.78, 5) is 0. The maximum atomic E-state index is 8.95. The van der Waals surface area contributed by atoms with E-state index in [2.05, 4.69) is 18.6 Å². The molecular formula is C8H18O2. The predicted molar refractivity (Wildman–Crippen MR) is 41.7 cm³/mol. The Bertz CT molecular complexity index is 71.7. The number of hydrogen-bond acceptors (Lipinski definition) is 2. The van der Waals surface area contributed by atoms with Crippen molar-refractivity contribution >= 4 is 0 Å². The second-order valence-corrected chi connectivity index (χ2v) is 3.02. The highest BCUT2D eigenvalue weighted by Crippen LogP contribution is 2.08. The van der Waals surface area contributed by atoms with Gasteiger partial charge in [-0.05, 0) is 18.8 Å². The van der Waals surface area contributed by atoms with Gasteiger partial charge in [-0.3, -0.25) is 0 Å². The van der Waals surface area contributed by atoms with Gasteiger partial charge in [-0.2, -0.15) is 0 Å². The van der Waals surface area contributed by atoms with Crippen molar-refractivity contribution in [2.24, 2.45) is 5.92 Å². The van der Waals surface area contributed by atoms with Crippen molar-refractivity contribution in [2.45, 2.75) is 39.4 Å². The monoisotopic (exact) mass is 146 g/mol. The van der Waals surface area contributed by atoms with Crippen LogP contribution in [0.15, 0.2) is 0 Å². The summed E-state index contributed by atoms with van der Waals surface area (Å²) in [6, 6.07) is 0. The average molecular weight is 146 g/mol. The summed E-state index contributed by atoms with van der Waals surface area (Å²) in [6.45, 7) is 4.36. The molecule has 10 heavy (non-hydrogen) atoms. The largest absolute Gasteiger partial charge is 0.368 e. The molecule has 0 bridgehead atoms. The van der Waals surface area contributed by atoms with E-state index in [0.717, 1.165) is 18.8 Å². The third kappa shape index (κ3) is 6.05. The second-order valence-electron chi connectivity index (χ2n) is 3.02. The van der Waals surface area contributed by atoms with Crippen LogP contribution in [0.4, 0.5) is 0 Å². The molecule has 0 amide bonds. The molecule has 2 nitrogen and oxygen atoms in total. The SMILES string of the molecule is CO[C@H](O)CCCC(C)C. The van der Waals surface area contributed by atoms with Crippen LogP contribution in [0.5, 0.6) is 0 Å². The lowest BCUT2D eigenvalue weighted by Crippen LogP contribution is -2.08. The first-order valence-electron chi connectivity index (χ1n) is 3.87. The van der Waals surface area contributed by atoms with Crippen LogP contribution in [0, 0.1) is 5.92 Å². The smallest absolute Gasteiger partial charge is 0.154 e. The average Bonchev–Trinajstić information content (AvgIpc) is 1.87. The van der Waals surface area contributed by atoms with E-state index in [0.29, 0.717) is 0 Å². The molecule has 2 heteroatoms. The van der Waals surface area contributed by atoms with Crippen molar-refractivity contribution in [3.63, 3.8) is 0 Å². The Labute approximate surface area is 63.2 Å². The minimum Gasteiger partial charge on any atom is -0.368 e. The zero-order chi connectivity index (χ0) is 7.98. The first kappa shape index (κ1) is 9.92. The number of aliphatic hydroxyl groups is 1. The highest BCUT2D eigenvalue weighted by molar-refractivity contribution is 4.47. The quantitative estimate of drug-likeness (QED) is 0.599. The summed E-state index contributed by atoms with van der Waals surface area (Å²) < 4.78 is 4.69. The van der Waals surface area contributed by atoms with Gasteiger partial charge < -0.3 is 9.84 Å². The van der Waals surface area contributed by atoms with Crippen LogP contribution in [0.2, 0.25) is 0 Å². The van der Waals surface area contributed by atoms with E-state index in [4.69, 9.17) is 5.11 Å². The summed E-state index contributed by atoms with van der Waals surface area (Å²) in [5, 5.41) is 8.95. The van der Waals surface area contributed by atoms with Crippen LogP contribution >= 0.6 is 0 Å². The maximum absolute atomic E-state index is 8.95. The Morgan fingerprint density at radius 3 is 2.30 bits per heavy atom. The summed E-state index contributed by atoms with van der Waals surface area (Å²) in [7, 11) is 1.53. The molecule has 0 aromatic carbocycles. The van der Waals surface area contributed by atoms with Gasteiger partial charge in [0.25, 0.3) is 0 Å². The Morgan fingerprint density at radius 1 is 1.30 bits per heavy atom. The highest BCUT2D eigenvalue weighted by atomic mass is 16.6. The van der Waals surface area contributed by atoms with Gasteiger partial charge in [0.15, 0.2) is 6.29 Å². The third-order valence-electron chi connectivity index (χ3n) is 1.50. The summed E-state index contributed by atoms with van der Waals surface area (Å²) in [6.07, 6.45) is 2.42. The molecule has 1 N–H and O–H groups in total. The number of rotatable bonds is 5. The fraction of sp³-hybridized carbons (Fsp3) is 1.00. The molecule has 0 aliphatic carbocycles. The molecule has 0 saturated heterocycles. The van der Waals surface area contributed by atoms with E-state index in [-0.39, 0.29) is 0 Å². The molecule has 0 heterocycles. The standard InChI is InChI=1S/C8H18O2/c1-7(2)5-4-6-8(9)10-3/h7-9H,4-6H2,1-3H3/t8-/m0/s1. The van der Waals surface area contributed by atoms with Crippen LogP contribution in [0.25, 0.3) is 0 Å². The zero-order valence-electron chi connectivity index (χ0n) is 7.13.